The molecule has 0 unspecified atom stereocenters. The number of likely N-dealkylation sites (tertiary alicyclic amines) is 1. The summed E-state index contributed by atoms with van der Waals surface area (Å²) >= 11 is 0. The van der Waals surface area contributed by atoms with E-state index in [4.69, 9.17) is 0 Å². The lowest BCUT2D eigenvalue weighted by atomic mass is 9.99. The SMILES string of the molecule is Cc1ccc(C(=O)Nc2c(C(=O)N3CCC(C)CC3)[nH]c3ccc(C)cc23)cc1. The van der Waals surface area contributed by atoms with E-state index >= 15 is 0 Å². The van der Waals surface area contributed by atoms with Crippen molar-refractivity contribution in [2.24, 2.45) is 5.92 Å². The van der Waals surface area contributed by atoms with E-state index in [9.17, 15) is 9.59 Å². The number of benzene rings is 2. The normalized spacial score (nSPS) is 14.9. The lowest BCUT2D eigenvalue weighted by Gasteiger charge is -2.30. The van der Waals surface area contributed by atoms with E-state index in [1.807, 2.05) is 49.1 Å². The van der Waals surface area contributed by atoms with Crippen LogP contribution in [0.5, 0.6) is 0 Å². The van der Waals surface area contributed by atoms with Crippen LogP contribution in [0.1, 0.15) is 51.7 Å². The molecule has 2 aromatic carbocycles. The Morgan fingerprint density at radius 1 is 1.00 bits per heavy atom. The smallest absolute Gasteiger partial charge is 0.272 e. The molecule has 2 N–H and O–H groups in total. The summed E-state index contributed by atoms with van der Waals surface area (Å²) in [6.07, 6.45) is 2.02. The van der Waals surface area contributed by atoms with Crippen LogP contribution in [-0.2, 0) is 0 Å². The maximum absolute atomic E-state index is 13.3. The predicted molar refractivity (Wildman–Crippen MR) is 116 cm³/mol. The minimum atomic E-state index is -0.214. The molecule has 0 radical (unpaired) electrons. The van der Waals surface area contributed by atoms with Gasteiger partial charge < -0.3 is 15.2 Å². The van der Waals surface area contributed by atoms with Gasteiger partial charge in [-0.05, 0) is 56.9 Å². The zero-order valence-electron chi connectivity index (χ0n) is 17.2. The van der Waals surface area contributed by atoms with Crippen molar-refractivity contribution < 1.29 is 9.59 Å². The summed E-state index contributed by atoms with van der Waals surface area (Å²) in [5.41, 5.74) is 4.62. The molecule has 0 spiro atoms. The number of aromatic amines is 1. The number of rotatable bonds is 3. The Morgan fingerprint density at radius 2 is 1.66 bits per heavy atom. The predicted octanol–water partition coefficient (Wildman–Crippen LogP) is 4.91. The maximum atomic E-state index is 13.3. The molecule has 1 fully saturated rings. The van der Waals surface area contributed by atoms with Gasteiger partial charge in [-0.2, -0.15) is 0 Å². The Labute approximate surface area is 171 Å². The van der Waals surface area contributed by atoms with E-state index < -0.39 is 0 Å². The number of anilines is 1. The molecule has 1 aliphatic rings. The second kappa shape index (κ2) is 7.74. The molecule has 2 heterocycles. The maximum Gasteiger partial charge on any atom is 0.272 e. The second-order valence-corrected chi connectivity index (χ2v) is 8.22. The van der Waals surface area contributed by atoms with Crippen LogP contribution in [0.3, 0.4) is 0 Å². The Bertz CT molecular complexity index is 1060. The fourth-order valence-electron chi connectivity index (χ4n) is 3.86. The number of hydrogen-bond donors (Lipinski definition) is 2. The third-order valence-electron chi connectivity index (χ3n) is 5.79. The Balaban J connectivity index is 1.71. The molecule has 1 saturated heterocycles. The summed E-state index contributed by atoms with van der Waals surface area (Å²) < 4.78 is 0. The lowest BCUT2D eigenvalue weighted by Crippen LogP contribution is -2.38. The molecular weight excluding hydrogens is 362 g/mol. The Kier molecular flexibility index (Phi) is 5.14. The number of aromatic nitrogens is 1. The van der Waals surface area contributed by atoms with Crippen molar-refractivity contribution in [3.05, 3.63) is 64.8 Å². The average molecular weight is 389 g/mol. The molecule has 29 heavy (non-hydrogen) atoms. The van der Waals surface area contributed by atoms with Crippen molar-refractivity contribution in [2.75, 3.05) is 18.4 Å². The standard InChI is InChI=1S/C24H27N3O2/c1-15-4-7-18(8-5-15)23(28)26-21-19-14-17(3)6-9-20(19)25-22(21)24(29)27-12-10-16(2)11-13-27/h4-9,14,16,25H,10-13H2,1-3H3,(H,26,28). The van der Waals surface area contributed by atoms with Crippen molar-refractivity contribution in [3.63, 3.8) is 0 Å². The Hall–Kier alpha value is -3.08. The molecule has 150 valence electrons. The van der Waals surface area contributed by atoms with Gasteiger partial charge in [-0.25, -0.2) is 0 Å². The van der Waals surface area contributed by atoms with Crippen molar-refractivity contribution in [2.45, 2.75) is 33.6 Å². The van der Waals surface area contributed by atoms with Crippen LogP contribution in [0, 0.1) is 19.8 Å². The minimum absolute atomic E-state index is 0.0510. The number of piperidine rings is 1. The van der Waals surface area contributed by atoms with Crippen molar-refractivity contribution >= 4 is 28.4 Å². The Morgan fingerprint density at radius 3 is 2.34 bits per heavy atom. The van der Waals surface area contributed by atoms with Gasteiger partial charge in [0.25, 0.3) is 11.8 Å². The summed E-state index contributed by atoms with van der Waals surface area (Å²) in [5, 5.41) is 3.87. The molecule has 4 rings (SSSR count). The van der Waals surface area contributed by atoms with Gasteiger partial charge in [0.1, 0.15) is 5.69 Å². The molecule has 0 bridgehead atoms. The third kappa shape index (κ3) is 3.90. The molecule has 5 nitrogen and oxygen atoms in total. The second-order valence-electron chi connectivity index (χ2n) is 8.22. The number of amides is 2. The van der Waals surface area contributed by atoms with E-state index in [1.54, 1.807) is 12.1 Å². The van der Waals surface area contributed by atoms with E-state index in [0.717, 1.165) is 48.0 Å². The van der Waals surface area contributed by atoms with Crippen molar-refractivity contribution in [1.29, 1.82) is 0 Å². The number of carbonyl (C=O) groups is 2. The van der Waals surface area contributed by atoms with Gasteiger partial charge in [0, 0.05) is 29.6 Å². The molecule has 5 heteroatoms. The van der Waals surface area contributed by atoms with E-state index in [0.29, 0.717) is 22.9 Å². The van der Waals surface area contributed by atoms with Crippen molar-refractivity contribution in [1.82, 2.24) is 9.88 Å². The monoisotopic (exact) mass is 389 g/mol. The van der Waals surface area contributed by atoms with Gasteiger partial charge in [0.15, 0.2) is 0 Å². The molecule has 0 aliphatic carbocycles. The molecule has 0 atom stereocenters. The van der Waals surface area contributed by atoms with Gasteiger partial charge in [0.05, 0.1) is 5.69 Å². The van der Waals surface area contributed by atoms with E-state index in [2.05, 4.69) is 17.2 Å². The van der Waals surface area contributed by atoms with Gasteiger partial charge in [-0.1, -0.05) is 36.2 Å². The number of H-pyrrole nitrogens is 1. The summed E-state index contributed by atoms with van der Waals surface area (Å²) in [4.78, 5) is 31.3. The van der Waals surface area contributed by atoms with Gasteiger partial charge in [0.2, 0.25) is 0 Å². The van der Waals surface area contributed by atoms with Gasteiger partial charge in [-0.3, -0.25) is 9.59 Å². The first-order valence-corrected chi connectivity index (χ1v) is 10.2. The topological polar surface area (TPSA) is 65.2 Å². The van der Waals surface area contributed by atoms with Crippen molar-refractivity contribution in [3.8, 4) is 0 Å². The number of hydrogen-bond acceptors (Lipinski definition) is 2. The van der Waals surface area contributed by atoms with E-state index in [1.165, 1.54) is 0 Å². The highest BCUT2D eigenvalue weighted by Gasteiger charge is 2.27. The molecule has 1 aromatic heterocycles. The first kappa shape index (κ1) is 19.2. The van der Waals surface area contributed by atoms with Gasteiger partial charge >= 0.3 is 0 Å². The fourth-order valence-corrected chi connectivity index (χ4v) is 3.86. The van der Waals surface area contributed by atoms with Crippen LogP contribution in [0.25, 0.3) is 10.9 Å². The molecule has 0 saturated carbocycles. The third-order valence-corrected chi connectivity index (χ3v) is 5.79. The number of carbonyl (C=O) groups excluding carboxylic acids is 2. The number of nitrogens with one attached hydrogen (secondary N) is 2. The lowest BCUT2D eigenvalue weighted by molar-refractivity contribution is 0.0693. The van der Waals surface area contributed by atoms with Crippen LogP contribution < -0.4 is 5.32 Å². The van der Waals surface area contributed by atoms with Crippen LogP contribution in [-0.4, -0.2) is 34.8 Å². The summed E-state index contributed by atoms with van der Waals surface area (Å²) in [6, 6.07) is 13.4. The number of fused-ring (bicyclic) bond motifs is 1. The molecular formula is C24H27N3O2. The highest BCUT2D eigenvalue weighted by atomic mass is 16.2. The fraction of sp³-hybridized carbons (Fsp3) is 0.333. The highest BCUT2D eigenvalue weighted by Crippen LogP contribution is 2.31. The number of nitrogens with zero attached hydrogens (tertiary/aromatic N) is 1. The summed E-state index contributed by atoms with van der Waals surface area (Å²) in [5.74, 6) is 0.379. The van der Waals surface area contributed by atoms with Crippen LogP contribution in [0.4, 0.5) is 5.69 Å². The zero-order valence-corrected chi connectivity index (χ0v) is 17.2. The highest BCUT2D eigenvalue weighted by molar-refractivity contribution is 6.15. The van der Waals surface area contributed by atoms with Crippen LogP contribution >= 0.6 is 0 Å². The number of aryl methyl sites for hydroxylation is 2. The zero-order chi connectivity index (χ0) is 20.5. The van der Waals surface area contributed by atoms with Gasteiger partial charge in [-0.15, -0.1) is 0 Å². The molecule has 1 aliphatic heterocycles. The first-order chi connectivity index (χ1) is 13.9. The minimum Gasteiger partial charge on any atom is -0.349 e. The molecule has 3 aromatic rings. The largest absolute Gasteiger partial charge is 0.349 e. The summed E-state index contributed by atoms with van der Waals surface area (Å²) in [6.45, 7) is 7.71. The first-order valence-electron chi connectivity index (χ1n) is 10.2. The molecule has 2 amide bonds. The quantitative estimate of drug-likeness (QED) is 0.668. The van der Waals surface area contributed by atoms with Crippen LogP contribution in [0.2, 0.25) is 0 Å². The average Bonchev–Trinajstić information content (AvgIpc) is 3.06. The summed E-state index contributed by atoms with van der Waals surface area (Å²) in [7, 11) is 0. The van der Waals surface area contributed by atoms with E-state index in [-0.39, 0.29) is 11.8 Å². The van der Waals surface area contributed by atoms with Crippen LogP contribution in [0.15, 0.2) is 42.5 Å².